The molecule has 1 aliphatic rings. The van der Waals surface area contributed by atoms with Gasteiger partial charge in [-0.3, -0.25) is 4.79 Å². The lowest BCUT2D eigenvalue weighted by molar-refractivity contribution is -0.149. The fourth-order valence-corrected chi connectivity index (χ4v) is 2.29. The van der Waals surface area contributed by atoms with Crippen LogP contribution in [0.15, 0.2) is 0 Å². The molecule has 0 aromatic carbocycles. The summed E-state index contributed by atoms with van der Waals surface area (Å²) in [6.07, 6.45) is 6.00. The lowest BCUT2D eigenvalue weighted by Crippen LogP contribution is -2.39. The minimum Gasteiger partial charge on any atom is -0.481 e. The van der Waals surface area contributed by atoms with E-state index in [0.29, 0.717) is 11.8 Å². The molecular weight excluding hydrogens is 202 g/mol. The summed E-state index contributed by atoms with van der Waals surface area (Å²) in [5.74, 6) is 0.578. The number of hydrogen-bond acceptors (Lipinski definition) is 2. The Balaban J connectivity index is 2.50. The minimum atomic E-state index is -0.689. The molecule has 0 spiro atoms. The molecule has 16 heavy (non-hydrogen) atoms. The van der Waals surface area contributed by atoms with E-state index in [1.165, 1.54) is 12.8 Å². The van der Waals surface area contributed by atoms with Crippen LogP contribution in [-0.2, 0) is 4.79 Å². The predicted octanol–water partition coefficient (Wildman–Crippen LogP) is 2.64. The molecule has 3 N–H and O–H groups in total. The van der Waals surface area contributed by atoms with Crippen LogP contribution in [0.3, 0.4) is 0 Å². The smallest absolute Gasteiger partial charge is 0.310 e. The van der Waals surface area contributed by atoms with Crippen molar-refractivity contribution in [2.24, 2.45) is 23.0 Å². The quantitative estimate of drug-likeness (QED) is 0.670. The van der Waals surface area contributed by atoms with Gasteiger partial charge < -0.3 is 10.8 Å². The first-order valence-electron chi connectivity index (χ1n) is 6.43. The van der Waals surface area contributed by atoms with Gasteiger partial charge in [-0.15, -0.1) is 0 Å². The standard InChI is InChI=1S/C13H25NO2/c1-10(2)4-3-7-13(9-14,12(15)16)8-11-5-6-11/h10-11H,3-9,14H2,1-2H3,(H,15,16). The zero-order valence-electron chi connectivity index (χ0n) is 10.5. The summed E-state index contributed by atoms with van der Waals surface area (Å²) in [4.78, 5) is 11.4. The normalized spacial score (nSPS) is 19.8. The third kappa shape index (κ3) is 3.78. The summed E-state index contributed by atoms with van der Waals surface area (Å²) >= 11 is 0. The Bertz CT molecular complexity index is 236. The lowest BCUT2D eigenvalue weighted by Gasteiger charge is -2.28. The van der Waals surface area contributed by atoms with Crippen LogP contribution >= 0.6 is 0 Å². The van der Waals surface area contributed by atoms with Crippen molar-refractivity contribution in [3.8, 4) is 0 Å². The molecule has 1 saturated carbocycles. The Labute approximate surface area is 98.4 Å². The SMILES string of the molecule is CC(C)CCCC(CN)(CC1CC1)C(=O)O. The number of hydrogen-bond donors (Lipinski definition) is 2. The summed E-state index contributed by atoms with van der Waals surface area (Å²) in [5, 5.41) is 9.39. The van der Waals surface area contributed by atoms with Crippen LogP contribution in [0.1, 0.15) is 52.4 Å². The van der Waals surface area contributed by atoms with Crippen molar-refractivity contribution in [1.82, 2.24) is 0 Å². The molecule has 1 unspecified atom stereocenters. The van der Waals surface area contributed by atoms with Crippen molar-refractivity contribution >= 4 is 5.97 Å². The van der Waals surface area contributed by atoms with Crippen LogP contribution in [0.2, 0.25) is 0 Å². The van der Waals surface area contributed by atoms with Crippen molar-refractivity contribution in [3.05, 3.63) is 0 Å². The van der Waals surface area contributed by atoms with Crippen LogP contribution in [0.5, 0.6) is 0 Å². The summed E-state index contributed by atoms with van der Waals surface area (Å²) in [5.41, 5.74) is 5.08. The van der Waals surface area contributed by atoms with E-state index in [1.807, 2.05) is 0 Å². The fourth-order valence-electron chi connectivity index (χ4n) is 2.29. The second-order valence-electron chi connectivity index (χ2n) is 5.72. The van der Waals surface area contributed by atoms with Crippen molar-refractivity contribution in [2.75, 3.05) is 6.54 Å². The van der Waals surface area contributed by atoms with E-state index in [4.69, 9.17) is 5.73 Å². The molecule has 0 radical (unpaired) electrons. The molecule has 0 saturated heterocycles. The minimum absolute atomic E-state index is 0.289. The van der Waals surface area contributed by atoms with Crippen molar-refractivity contribution in [1.29, 1.82) is 0 Å². The topological polar surface area (TPSA) is 63.3 Å². The number of rotatable bonds is 8. The van der Waals surface area contributed by atoms with Gasteiger partial charge in [0.25, 0.3) is 0 Å². The van der Waals surface area contributed by atoms with Crippen molar-refractivity contribution in [3.63, 3.8) is 0 Å². The third-order valence-corrected chi connectivity index (χ3v) is 3.66. The van der Waals surface area contributed by atoms with E-state index in [1.54, 1.807) is 0 Å². The maximum absolute atomic E-state index is 11.4. The van der Waals surface area contributed by atoms with E-state index < -0.39 is 11.4 Å². The Kier molecular flexibility index (Phi) is 4.78. The molecule has 1 rings (SSSR count). The Hall–Kier alpha value is -0.570. The van der Waals surface area contributed by atoms with E-state index in [-0.39, 0.29) is 6.54 Å². The van der Waals surface area contributed by atoms with Crippen LogP contribution in [-0.4, -0.2) is 17.6 Å². The number of aliphatic carboxylic acids is 1. The van der Waals surface area contributed by atoms with Gasteiger partial charge in [0.15, 0.2) is 0 Å². The number of carboxylic acids is 1. The molecule has 1 fully saturated rings. The van der Waals surface area contributed by atoms with Crippen LogP contribution in [0.4, 0.5) is 0 Å². The summed E-state index contributed by atoms with van der Waals surface area (Å²) in [6.45, 7) is 4.63. The van der Waals surface area contributed by atoms with Gasteiger partial charge >= 0.3 is 5.97 Å². The average Bonchev–Trinajstić information content (AvgIpc) is 2.99. The predicted molar refractivity (Wildman–Crippen MR) is 65.2 cm³/mol. The zero-order chi connectivity index (χ0) is 12.2. The highest BCUT2D eigenvalue weighted by molar-refractivity contribution is 5.75. The van der Waals surface area contributed by atoms with Gasteiger partial charge in [-0.2, -0.15) is 0 Å². The lowest BCUT2D eigenvalue weighted by atomic mass is 9.77. The first-order valence-corrected chi connectivity index (χ1v) is 6.43. The fraction of sp³-hybridized carbons (Fsp3) is 0.923. The van der Waals surface area contributed by atoms with Crippen molar-refractivity contribution < 1.29 is 9.90 Å². The molecule has 0 heterocycles. The van der Waals surface area contributed by atoms with Gasteiger partial charge in [0.1, 0.15) is 0 Å². The highest BCUT2D eigenvalue weighted by Gasteiger charge is 2.41. The first-order chi connectivity index (χ1) is 7.50. The number of carbonyl (C=O) groups is 1. The molecule has 0 aromatic rings. The van der Waals surface area contributed by atoms with Gasteiger partial charge in [0.05, 0.1) is 5.41 Å². The summed E-state index contributed by atoms with van der Waals surface area (Å²) in [7, 11) is 0. The molecule has 3 nitrogen and oxygen atoms in total. The van der Waals surface area contributed by atoms with Crippen LogP contribution in [0.25, 0.3) is 0 Å². The van der Waals surface area contributed by atoms with Crippen LogP contribution in [0, 0.1) is 17.3 Å². The molecular formula is C13H25NO2. The van der Waals surface area contributed by atoms with Gasteiger partial charge in [0, 0.05) is 6.54 Å². The Morgan fingerprint density at radius 2 is 2.12 bits per heavy atom. The number of carboxylic acid groups (broad SMARTS) is 1. The highest BCUT2D eigenvalue weighted by atomic mass is 16.4. The molecule has 0 aliphatic heterocycles. The van der Waals surface area contributed by atoms with Gasteiger partial charge in [0.2, 0.25) is 0 Å². The highest BCUT2D eigenvalue weighted by Crippen LogP contribution is 2.42. The third-order valence-electron chi connectivity index (χ3n) is 3.66. The maximum atomic E-state index is 11.4. The second kappa shape index (κ2) is 5.67. The van der Waals surface area contributed by atoms with Gasteiger partial charge in [-0.05, 0) is 24.7 Å². The van der Waals surface area contributed by atoms with Gasteiger partial charge in [-0.1, -0.05) is 39.5 Å². The van der Waals surface area contributed by atoms with Crippen molar-refractivity contribution in [2.45, 2.75) is 52.4 Å². The monoisotopic (exact) mass is 227 g/mol. The molecule has 1 atom stereocenters. The van der Waals surface area contributed by atoms with E-state index >= 15 is 0 Å². The first kappa shape index (κ1) is 13.5. The molecule has 3 heteroatoms. The molecule has 0 amide bonds. The largest absolute Gasteiger partial charge is 0.481 e. The summed E-state index contributed by atoms with van der Waals surface area (Å²) < 4.78 is 0. The summed E-state index contributed by atoms with van der Waals surface area (Å²) in [6, 6.07) is 0. The Morgan fingerprint density at radius 1 is 1.50 bits per heavy atom. The molecule has 94 valence electrons. The maximum Gasteiger partial charge on any atom is 0.310 e. The molecule has 0 bridgehead atoms. The van der Waals surface area contributed by atoms with E-state index in [0.717, 1.165) is 25.7 Å². The molecule has 0 aromatic heterocycles. The molecule has 1 aliphatic carbocycles. The zero-order valence-corrected chi connectivity index (χ0v) is 10.5. The van der Waals surface area contributed by atoms with Gasteiger partial charge in [-0.25, -0.2) is 0 Å². The Morgan fingerprint density at radius 3 is 2.50 bits per heavy atom. The van der Waals surface area contributed by atoms with E-state index in [9.17, 15) is 9.90 Å². The van der Waals surface area contributed by atoms with Crippen LogP contribution < -0.4 is 5.73 Å². The second-order valence-corrected chi connectivity index (χ2v) is 5.72. The van der Waals surface area contributed by atoms with E-state index in [2.05, 4.69) is 13.8 Å². The average molecular weight is 227 g/mol. The number of nitrogens with two attached hydrogens (primary N) is 1.